The van der Waals surface area contributed by atoms with E-state index in [9.17, 15) is 4.79 Å². The number of hydrogen-bond acceptors (Lipinski definition) is 4. The van der Waals surface area contributed by atoms with Gasteiger partial charge in [0.05, 0.1) is 7.11 Å². The lowest BCUT2D eigenvalue weighted by molar-refractivity contribution is -0.143. The first-order chi connectivity index (χ1) is 8.55. The van der Waals surface area contributed by atoms with Gasteiger partial charge in [-0.05, 0) is 39.8 Å². The predicted molar refractivity (Wildman–Crippen MR) is 73.6 cm³/mol. The quantitative estimate of drug-likeness (QED) is 0.672. The fourth-order valence-electron chi connectivity index (χ4n) is 2.53. The predicted octanol–water partition coefficient (Wildman–Crippen LogP) is 1.79. The lowest BCUT2D eigenvalue weighted by atomic mass is 9.75. The minimum atomic E-state index is -0.146. The highest BCUT2D eigenvalue weighted by molar-refractivity contribution is 5.75. The second-order valence-corrected chi connectivity index (χ2v) is 5.57. The Morgan fingerprint density at radius 3 is 2.50 bits per heavy atom. The van der Waals surface area contributed by atoms with Gasteiger partial charge < -0.3 is 15.0 Å². The van der Waals surface area contributed by atoms with Crippen LogP contribution in [0.1, 0.15) is 45.4 Å². The second-order valence-electron chi connectivity index (χ2n) is 5.57. The van der Waals surface area contributed by atoms with Crippen molar-refractivity contribution < 1.29 is 9.53 Å². The molecule has 0 aliphatic heterocycles. The molecule has 0 bridgehead atoms. The van der Waals surface area contributed by atoms with Crippen molar-refractivity contribution in [3.05, 3.63) is 0 Å². The third kappa shape index (κ3) is 3.69. The van der Waals surface area contributed by atoms with E-state index < -0.39 is 0 Å². The second kappa shape index (κ2) is 7.10. The van der Waals surface area contributed by atoms with Crippen LogP contribution >= 0.6 is 0 Å². The molecule has 0 spiro atoms. The van der Waals surface area contributed by atoms with Gasteiger partial charge in [-0.15, -0.1) is 0 Å². The zero-order chi connectivity index (χ0) is 13.6. The molecule has 1 saturated carbocycles. The van der Waals surface area contributed by atoms with Gasteiger partial charge in [-0.25, -0.2) is 0 Å². The van der Waals surface area contributed by atoms with Crippen molar-refractivity contribution >= 4 is 5.97 Å². The molecule has 1 unspecified atom stereocenters. The molecule has 4 heteroatoms. The summed E-state index contributed by atoms with van der Waals surface area (Å²) in [5, 5.41) is 3.41. The van der Waals surface area contributed by atoms with Crippen molar-refractivity contribution in [1.82, 2.24) is 10.2 Å². The standard InChI is InChI=1S/C14H28N2O2/c1-5-6-8-12(13(17)18-4)15-11-14(16(2)3)9-7-10-14/h12,15H,5-11H2,1-4H3. The number of nitrogens with one attached hydrogen (secondary N) is 1. The van der Waals surface area contributed by atoms with Crippen molar-refractivity contribution in [3.8, 4) is 0 Å². The Morgan fingerprint density at radius 1 is 1.44 bits per heavy atom. The van der Waals surface area contributed by atoms with Crippen LogP contribution in [-0.2, 0) is 9.53 Å². The van der Waals surface area contributed by atoms with Gasteiger partial charge in [0.1, 0.15) is 6.04 Å². The Labute approximate surface area is 111 Å². The number of hydrogen-bond donors (Lipinski definition) is 1. The summed E-state index contributed by atoms with van der Waals surface area (Å²) in [5.41, 5.74) is 0.248. The first-order valence-corrected chi connectivity index (χ1v) is 7.04. The molecule has 0 radical (unpaired) electrons. The molecule has 1 aliphatic carbocycles. The van der Waals surface area contributed by atoms with E-state index in [1.807, 2.05) is 0 Å². The molecule has 0 aromatic heterocycles. The van der Waals surface area contributed by atoms with E-state index in [1.54, 1.807) is 0 Å². The van der Waals surface area contributed by atoms with Crippen molar-refractivity contribution in [2.24, 2.45) is 0 Å². The van der Waals surface area contributed by atoms with E-state index in [4.69, 9.17) is 4.74 Å². The highest BCUT2D eigenvalue weighted by atomic mass is 16.5. The highest BCUT2D eigenvalue weighted by Crippen LogP contribution is 2.35. The fraction of sp³-hybridized carbons (Fsp3) is 0.929. The molecule has 106 valence electrons. The van der Waals surface area contributed by atoms with E-state index in [0.717, 1.165) is 25.8 Å². The number of nitrogens with zero attached hydrogens (tertiary/aromatic N) is 1. The van der Waals surface area contributed by atoms with E-state index >= 15 is 0 Å². The Morgan fingerprint density at radius 2 is 2.11 bits per heavy atom. The summed E-state index contributed by atoms with van der Waals surface area (Å²) in [6.45, 7) is 3.02. The largest absolute Gasteiger partial charge is 0.468 e. The van der Waals surface area contributed by atoms with Crippen LogP contribution < -0.4 is 5.32 Å². The van der Waals surface area contributed by atoms with Crippen LogP contribution in [-0.4, -0.2) is 50.2 Å². The van der Waals surface area contributed by atoms with Crippen LogP contribution in [0.25, 0.3) is 0 Å². The maximum atomic E-state index is 11.7. The zero-order valence-corrected chi connectivity index (χ0v) is 12.3. The normalized spacial score (nSPS) is 19.4. The molecule has 0 amide bonds. The van der Waals surface area contributed by atoms with Crippen molar-refractivity contribution in [1.29, 1.82) is 0 Å². The number of esters is 1. The molecule has 0 aromatic carbocycles. The number of ether oxygens (including phenoxy) is 1. The summed E-state index contributed by atoms with van der Waals surface area (Å²) < 4.78 is 4.87. The van der Waals surface area contributed by atoms with Gasteiger partial charge in [-0.3, -0.25) is 4.79 Å². The summed E-state index contributed by atoms with van der Waals surface area (Å²) in [7, 11) is 5.72. The van der Waals surface area contributed by atoms with Crippen molar-refractivity contribution in [2.75, 3.05) is 27.7 Å². The molecule has 1 aliphatic rings. The Balaban J connectivity index is 2.47. The minimum absolute atomic E-state index is 0.128. The molecule has 1 N–H and O–H groups in total. The number of carbonyl (C=O) groups excluding carboxylic acids is 1. The maximum Gasteiger partial charge on any atom is 0.322 e. The number of unbranched alkanes of at least 4 members (excludes halogenated alkanes) is 1. The molecule has 0 saturated heterocycles. The summed E-state index contributed by atoms with van der Waals surface area (Å²) in [6.07, 6.45) is 6.75. The van der Waals surface area contributed by atoms with E-state index in [1.165, 1.54) is 26.4 Å². The third-order valence-electron chi connectivity index (χ3n) is 4.24. The molecule has 1 fully saturated rings. The van der Waals surface area contributed by atoms with Gasteiger partial charge in [0.15, 0.2) is 0 Å². The van der Waals surface area contributed by atoms with Crippen molar-refractivity contribution in [2.45, 2.75) is 57.0 Å². The average molecular weight is 256 g/mol. The summed E-state index contributed by atoms with van der Waals surface area (Å²) >= 11 is 0. The maximum absolute atomic E-state index is 11.7. The Bertz CT molecular complexity index is 263. The molecule has 18 heavy (non-hydrogen) atoms. The van der Waals surface area contributed by atoms with Crippen LogP contribution in [0, 0.1) is 0 Å². The van der Waals surface area contributed by atoms with Crippen LogP contribution in [0.3, 0.4) is 0 Å². The van der Waals surface area contributed by atoms with Gasteiger partial charge in [-0.2, -0.15) is 0 Å². The van der Waals surface area contributed by atoms with Crippen molar-refractivity contribution in [3.63, 3.8) is 0 Å². The molecule has 1 atom stereocenters. The lowest BCUT2D eigenvalue weighted by Gasteiger charge is -2.48. The van der Waals surface area contributed by atoms with E-state index in [0.29, 0.717) is 0 Å². The topological polar surface area (TPSA) is 41.6 Å². The zero-order valence-electron chi connectivity index (χ0n) is 12.3. The first kappa shape index (κ1) is 15.4. The van der Waals surface area contributed by atoms with Gasteiger partial charge in [-0.1, -0.05) is 19.8 Å². The monoisotopic (exact) mass is 256 g/mol. The molecular weight excluding hydrogens is 228 g/mol. The van der Waals surface area contributed by atoms with Crippen LogP contribution in [0.4, 0.5) is 0 Å². The average Bonchev–Trinajstić information content (AvgIpc) is 2.30. The summed E-state index contributed by atoms with van der Waals surface area (Å²) in [5.74, 6) is -0.128. The summed E-state index contributed by atoms with van der Waals surface area (Å²) in [6, 6.07) is -0.146. The van der Waals surface area contributed by atoms with Gasteiger partial charge >= 0.3 is 5.97 Å². The molecule has 0 heterocycles. The minimum Gasteiger partial charge on any atom is -0.468 e. The molecule has 4 nitrogen and oxygen atoms in total. The number of rotatable bonds is 8. The summed E-state index contributed by atoms with van der Waals surface area (Å²) in [4.78, 5) is 14.0. The van der Waals surface area contributed by atoms with Gasteiger partial charge in [0.25, 0.3) is 0 Å². The number of methoxy groups -OCH3 is 1. The molecular formula is C14H28N2O2. The number of likely N-dealkylation sites (N-methyl/N-ethyl adjacent to an activating group) is 1. The smallest absolute Gasteiger partial charge is 0.322 e. The third-order valence-corrected chi connectivity index (χ3v) is 4.24. The number of carbonyl (C=O) groups is 1. The Kier molecular flexibility index (Phi) is 6.09. The van der Waals surface area contributed by atoms with Gasteiger partial charge in [0, 0.05) is 12.1 Å². The lowest BCUT2D eigenvalue weighted by Crippen LogP contribution is -2.58. The first-order valence-electron chi connectivity index (χ1n) is 7.04. The van der Waals surface area contributed by atoms with Gasteiger partial charge in [0.2, 0.25) is 0 Å². The van der Waals surface area contributed by atoms with E-state index in [-0.39, 0.29) is 17.6 Å². The molecule has 1 rings (SSSR count). The van der Waals surface area contributed by atoms with Crippen LogP contribution in [0.15, 0.2) is 0 Å². The van der Waals surface area contributed by atoms with E-state index in [2.05, 4.69) is 31.2 Å². The fourth-order valence-corrected chi connectivity index (χ4v) is 2.53. The SMILES string of the molecule is CCCCC(NCC1(N(C)C)CCC1)C(=O)OC. The molecule has 0 aromatic rings. The Hall–Kier alpha value is -0.610. The van der Waals surface area contributed by atoms with Crippen LogP contribution in [0.2, 0.25) is 0 Å². The van der Waals surface area contributed by atoms with Crippen LogP contribution in [0.5, 0.6) is 0 Å². The highest BCUT2D eigenvalue weighted by Gasteiger charge is 2.39.